The number of halogens is 1. The molecule has 0 saturated heterocycles. The van der Waals surface area contributed by atoms with Crippen molar-refractivity contribution in [2.45, 2.75) is 13.8 Å². The van der Waals surface area contributed by atoms with E-state index in [2.05, 4.69) is 21.2 Å². The number of carbonyl (C=O) groups excluding carboxylic acids is 1. The molecule has 31 heavy (non-hydrogen) atoms. The molecule has 162 valence electrons. The van der Waals surface area contributed by atoms with Crippen LogP contribution in [-0.4, -0.2) is 36.8 Å². The van der Waals surface area contributed by atoms with Gasteiger partial charge in [0.25, 0.3) is 5.91 Å². The van der Waals surface area contributed by atoms with Gasteiger partial charge in [0, 0.05) is 10.2 Å². The van der Waals surface area contributed by atoms with Crippen LogP contribution in [0.3, 0.4) is 0 Å². The third-order valence-electron chi connectivity index (χ3n) is 3.80. The number of carboxylic acid groups (broad SMARTS) is 1. The van der Waals surface area contributed by atoms with Gasteiger partial charge in [-0.2, -0.15) is 5.26 Å². The summed E-state index contributed by atoms with van der Waals surface area (Å²) in [5.41, 5.74) is 0.877. The number of carbonyl (C=O) groups is 2. The molecule has 2 aromatic carbocycles. The summed E-state index contributed by atoms with van der Waals surface area (Å²) in [6, 6.07) is 11.8. The van der Waals surface area contributed by atoms with Gasteiger partial charge in [-0.15, -0.1) is 0 Å². The normalized spacial score (nSPS) is 10.7. The second kappa shape index (κ2) is 11.6. The predicted molar refractivity (Wildman–Crippen MR) is 118 cm³/mol. The minimum atomic E-state index is -1.12. The highest BCUT2D eigenvalue weighted by Gasteiger charge is 2.15. The maximum atomic E-state index is 12.6. The first-order valence-electron chi connectivity index (χ1n) is 9.34. The number of hydrogen-bond acceptors (Lipinski definition) is 6. The maximum absolute atomic E-state index is 12.6. The second-order valence-corrected chi connectivity index (χ2v) is 6.87. The molecule has 0 unspecified atom stereocenters. The Morgan fingerprint density at radius 3 is 2.32 bits per heavy atom. The van der Waals surface area contributed by atoms with Crippen LogP contribution in [0.5, 0.6) is 17.2 Å². The summed E-state index contributed by atoms with van der Waals surface area (Å²) in [5.74, 6) is -0.509. The summed E-state index contributed by atoms with van der Waals surface area (Å²) in [4.78, 5) is 23.3. The molecule has 0 bridgehead atoms. The first kappa shape index (κ1) is 23.8. The Morgan fingerprint density at radius 1 is 1.10 bits per heavy atom. The zero-order valence-corrected chi connectivity index (χ0v) is 18.6. The van der Waals surface area contributed by atoms with E-state index >= 15 is 0 Å². The number of amides is 1. The largest absolute Gasteiger partial charge is 0.494 e. The molecule has 1 amide bonds. The lowest BCUT2D eigenvalue weighted by molar-refractivity contribution is -0.139. The van der Waals surface area contributed by atoms with Crippen molar-refractivity contribution in [2.75, 3.05) is 25.1 Å². The van der Waals surface area contributed by atoms with Crippen LogP contribution in [0.4, 0.5) is 5.69 Å². The number of hydrogen-bond donors (Lipinski definition) is 2. The highest BCUT2D eigenvalue weighted by molar-refractivity contribution is 9.10. The lowest BCUT2D eigenvalue weighted by Gasteiger charge is -2.13. The molecule has 2 aromatic rings. The van der Waals surface area contributed by atoms with Crippen molar-refractivity contribution in [1.29, 1.82) is 5.26 Å². The highest BCUT2D eigenvalue weighted by Crippen LogP contribution is 2.35. The van der Waals surface area contributed by atoms with Crippen molar-refractivity contribution in [3.05, 3.63) is 52.0 Å². The Hall–Kier alpha value is -3.51. The molecule has 2 N–H and O–H groups in total. The lowest BCUT2D eigenvalue weighted by Crippen LogP contribution is -2.13. The Bertz CT molecular complexity index is 1010. The fraction of sp³-hybridized carbons (Fsp3) is 0.227. The molecular formula is C22H21BrN2O6. The van der Waals surface area contributed by atoms with E-state index in [1.54, 1.807) is 37.3 Å². The van der Waals surface area contributed by atoms with Gasteiger partial charge in [-0.25, -0.2) is 4.79 Å². The molecule has 8 nitrogen and oxygen atoms in total. The van der Waals surface area contributed by atoms with Crippen molar-refractivity contribution in [3.63, 3.8) is 0 Å². The molecule has 0 heterocycles. The van der Waals surface area contributed by atoms with E-state index in [1.165, 1.54) is 12.1 Å². The number of nitriles is 1. The number of ether oxygens (including phenoxy) is 3. The van der Waals surface area contributed by atoms with E-state index in [4.69, 9.17) is 19.3 Å². The molecule has 0 atom stereocenters. The van der Waals surface area contributed by atoms with Crippen LogP contribution in [0.2, 0.25) is 0 Å². The first-order chi connectivity index (χ1) is 14.9. The number of benzene rings is 2. The summed E-state index contributed by atoms with van der Waals surface area (Å²) < 4.78 is 16.6. The fourth-order valence-corrected chi connectivity index (χ4v) is 2.92. The van der Waals surface area contributed by atoms with E-state index in [9.17, 15) is 14.9 Å². The van der Waals surface area contributed by atoms with E-state index in [0.717, 1.165) is 0 Å². The van der Waals surface area contributed by atoms with Crippen molar-refractivity contribution in [1.82, 2.24) is 0 Å². The van der Waals surface area contributed by atoms with Crippen molar-refractivity contribution < 1.29 is 28.9 Å². The number of aliphatic carboxylic acids is 1. The summed E-state index contributed by atoms with van der Waals surface area (Å²) in [6.07, 6.45) is 1.40. The minimum Gasteiger partial charge on any atom is -0.494 e. The zero-order valence-electron chi connectivity index (χ0n) is 17.0. The van der Waals surface area contributed by atoms with Crippen LogP contribution in [0.25, 0.3) is 6.08 Å². The average Bonchev–Trinajstić information content (AvgIpc) is 2.74. The zero-order chi connectivity index (χ0) is 22.8. The van der Waals surface area contributed by atoms with Gasteiger partial charge in [-0.3, -0.25) is 4.79 Å². The molecule has 0 spiro atoms. The standard InChI is InChI=1S/C22H21BrN2O6/c1-3-29-17-7-5-16(6-8-17)25-22(28)15(12-24)9-14-10-19(30-4-2)20(11-18(14)23)31-13-21(26)27/h5-11H,3-4,13H2,1-2H3,(H,25,28)(H,26,27)/b15-9+. The van der Waals surface area contributed by atoms with Gasteiger partial charge in [0.15, 0.2) is 18.1 Å². The molecule has 0 aliphatic heterocycles. The van der Waals surface area contributed by atoms with E-state index in [0.29, 0.717) is 40.4 Å². The fourth-order valence-electron chi connectivity index (χ4n) is 2.49. The molecular weight excluding hydrogens is 468 g/mol. The Kier molecular flexibility index (Phi) is 8.91. The number of nitrogens with zero attached hydrogens (tertiary/aromatic N) is 1. The molecule has 0 radical (unpaired) electrons. The summed E-state index contributed by atoms with van der Waals surface area (Å²) in [6.45, 7) is 3.96. The number of nitrogens with one attached hydrogen (secondary N) is 1. The third-order valence-corrected chi connectivity index (χ3v) is 4.49. The summed E-state index contributed by atoms with van der Waals surface area (Å²) in [5, 5.41) is 21.0. The second-order valence-electron chi connectivity index (χ2n) is 6.02. The van der Waals surface area contributed by atoms with Gasteiger partial charge in [0.05, 0.1) is 13.2 Å². The molecule has 2 rings (SSSR count). The minimum absolute atomic E-state index is 0.128. The van der Waals surface area contributed by atoms with Gasteiger partial charge >= 0.3 is 5.97 Å². The number of carboxylic acids is 1. The number of anilines is 1. The summed E-state index contributed by atoms with van der Waals surface area (Å²) in [7, 11) is 0. The Labute approximate surface area is 188 Å². The van der Waals surface area contributed by atoms with Gasteiger partial charge in [0.1, 0.15) is 17.4 Å². The summed E-state index contributed by atoms with van der Waals surface area (Å²) >= 11 is 3.35. The van der Waals surface area contributed by atoms with E-state index < -0.39 is 18.5 Å². The van der Waals surface area contributed by atoms with Crippen LogP contribution in [0, 0.1) is 11.3 Å². The Balaban J connectivity index is 2.27. The average molecular weight is 489 g/mol. The molecule has 9 heteroatoms. The SMILES string of the molecule is CCOc1ccc(NC(=O)/C(C#N)=C/c2cc(OCC)c(OCC(=O)O)cc2Br)cc1. The van der Waals surface area contributed by atoms with Gasteiger partial charge in [0.2, 0.25) is 0 Å². The maximum Gasteiger partial charge on any atom is 0.341 e. The molecule has 0 aliphatic carbocycles. The molecule has 0 aliphatic rings. The van der Waals surface area contributed by atoms with Crippen molar-refractivity contribution in [3.8, 4) is 23.3 Å². The number of rotatable bonds is 10. The third kappa shape index (κ3) is 7.04. The molecule has 0 saturated carbocycles. The van der Waals surface area contributed by atoms with Crippen molar-refractivity contribution >= 4 is 39.6 Å². The first-order valence-corrected chi connectivity index (χ1v) is 10.1. The van der Waals surface area contributed by atoms with Crippen LogP contribution < -0.4 is 19.5 Å². The molecule has 0 fully saturated rings. The van der Waals surface area contributed by atoms with Crippen LogP contribution in [0.1, 0.15) is 19.4 Å². The van der Waals surface area contributed by atoms with Gasteiger partial charge in [-0.05, 0) is 61.9 Å². The van der Waals surface area contributed by atoms with Crippen LogP contribution >= 0.6 is 15.9 Å². The highest BCUT2D eigenvalue weighted by atomic mass is 79.9. The van der Waals surface area contributed by atoms with Crippen LogP contribution in [0.15, 0.2) is 46.4 Å². The van der Waals surface area contributed by atoms with Gasteiger partial charge in [-0.1, -0.05) is 15.9 Å². The lowest BCUT2D eigenvalue weighted by atomic mass is 10.1. The smallest absolute Gasteiger partial charge is 0.341 e. The molecule has 0 aromatic heterocycles. The van der Waals surface area contributed by atoms with Crippen molar-refractivity contribution in [2.24, 2.45) is 0 Å². The predicted octanol–water partition coefficient (Wildman–Crippen LogP) is 4.26. The Morgan fingerprint density at radius 2 is 1.74 bits per heavy atom. The van der Waals surface area contributed by atoms with Gasteiger partial charge < -0.3 is 24.6 Å². The van der Waals surface area contributed by atoms with Crippen LogP contribution in [-0.2, 0) is 9.59 Å². The quantitative estimate of drug-likeness (QED) is 0.378. The monoisotopic (exact) mass is 488 g/mol. The topological polar surface area (TPSA) is 118 Å². The van der Waals surface area contributed by atoms with E-state index in [-0.39, 0.29) is 11.3 Å². The van der Waals surface area contributed by atoms with E-state index in [1.807, 2.05) is 13.0 Å².